The number of hydrogen-bond acceptors (Lipinski definition) is 3. The van der Waals surface area contributed by atoms with Crippen LogP contribution in [0.15, 0.2) is 22.8 Å². The molecule has 2 aromatic heterocycles. The number of imidazole rings is 1. The molecule has 0 atom stereocenters. The molecule has 0 radical (unpaired) electrons. The van der Waals surface area contributed by atoms with E-state index >= 15 is 0 Å². The SMILES string of the molecule is Cc1nc(-c2ccc(Br)cn2)n(COCC[Si](C)(C)C)c1C. The highest BCUT2D eigenvalue weighted by Gasteiger charge is 2.15. The minimum Gasteiger partial charge on any atom is -0.361 e. The first-order valence-electron chi connectivity index (χ1n) is 7.51. The lowest BCUT2D eigenvalue weighted by Gasteiger charge is -2.16. The van der Waals surface area contributed by atoms with E-state index in [1.807, 2.05) is 19.1 Å². The average molecular weight is 382 g/mol. The maximum atomic E-state index is 5.90. The number of rotatable bonds is 6. The monoisotopic (exact) mass is 381 g/mol. The van der Waals surface area contributed by atoms with Crippen molar-refractivity contribution in [2.24, 2.45) is 0 Å². The summed E-state index contributed by atoms with van der Waals surface area (Å²) in [5.74, 6) is 0.871. The quantitative estimate of drug-likeness (QED) is 0.540. The van der Waals surface area contributed by atoms with Crippen LogP contribution < -0.4 is 0 Å². The summed E-state index contributed by atoms with van der Waals surface area (Å²) < 4.78 is 8.97. The van der Waals surface area contributed by atoms with Crippen molar-refractivity contribution in [2.75, 3.05) is 6.61 Å². The molecule has 2 rings (SSSR count). The molecular weight excluding hydrogens is 358 g/mol. The highest BCUT2D eigenvalue weighted by molar-refractivity contribution is 9.10. The lowest BCUT2D eigenvalue weighted by Crippen LogP contribution is -2.22. The van der Waals surface area contributed by atoms with Crippen LogP contribution in [0, 0.1) is 13.8 Å². The highest BCUT2D eigenvalue weighted by atomic mass is 79.9. The lowest BCUT2D eigenvalue weighted by atomic mass is 10.3. The summed E-state index contributed by atoms with van der Waals surface area (Å²) in [7, 11) is -1.06. The Kier molecular flexibility index (Phi) is 5.58. The van der Waals surface area contributed by atoms with Gasteiger partial charge in [-0.25, -0.2) is 4.98 Å². The van der Waals surface area contributed by atoms with Gasteiger partial charge in [0, 0.05) is 31.0 Å². The summed E-state index contributed by atoms with van der Waals surface area (Å²) in [5, 5.41) is 0. The zero-order valence-electron chi connectivity index (χ0n) is 14.0. The van der Waals surface area contributed by atoms with E-state index in [0.717, 1.165) is 34.0 Å². The maximum absolute atomic E-state index is 5.90. The summed E-state index contributed by atoms with van der Waals surface area (Å²) in [6, 6.07) is 5.13. The molecule has 4 nitrogen and oxygen atoms in total. The number of ether oxygens (including phenoxy) is 1. The molecule has 0 aromatic carbocycles. The van der Waals surface area contributed by atoms with Gasteiger partial charge in [-0.05, 0) is 48.0 Å². The number of nitrogens with zero attached hydrogens (tertiary/aromatic N) is 3. The lowest BCUT2D eigenvalue weighted by molar-refractivity contribution is 0.0869. The van der Waals surface area contributed by atoms with Crippen molar-refractivity contribution in [3.05, 3.63) is 34.2 Å². The number of hydrogen-bond donors (Lipinski definition) is 0. The van der Waals surface area contributed by atoms with Crippen molar-refractivity contribution >= 4 is 24.0 Å². The van der Waals surface area contributed by atoms with Gasteiger partial charge in [0.15, 0.2) is 5.82 Å². The first-order valence-corrected chi connectivity index (χ1v) is 12.0. The van der Waals surface area contributed by atoms with Crippen LogP contribution in [0.25, 0.3) is 11.5 Å². The fraction of sp³-hybridized carbons (Fsp3) is 0.500. The van der Waals surface area contributed by atoms with Crippen LogP contribution in [-0.4, -0.2) is 29.2 Å². The summed E-state index contributed by atoms with van der Waals surface area (Å²) in [6.45, 7) is 12.5. The topological polar surface area (TPSA) is 39.9 Å². The molecule has 120 valence electrons. The molecular formula is C16H24BrN3OSi. The molecule has 0 spiro atoms. The molecule has 0 N–H and O–H groups in total. The van der Waals surface area contributed by atoms with E-state index in [0.29, 0.717) is 6.73 Å². The van der Waals surface area contributed by atoms with Crippen molar-refractivity contribution in [2.45, 2.75) is 46.3 Å². The van der Waals surface area contributed by atoms with Gasteiger partial charge in [-0.1, -0.05) is 19.6 Å². The molecule has 0 aliphatic heterocycles. The van der Waals surface area contributed by atoms with E-state index in [2.05, 4.69) is 57.0 Å². The van der Waals surface area contributed by atoms with Gasteiger partial charge in [0.05, 0.1) is 5.69 Å². The second-order valence-corrected chi connectivity index (χ2v) is 13.3. The van der Waals surface area contributed by atoms with Crippen LogP contribution in [0.2, 0.25) is 25.7 Å². The molecule has 0 aliphatic rings. The second kappa shape index (κ2) is 7.06. The van der Waals surface area contributed by atoms with Crippen LogP contribution in [0.1, 0.15) is 11.4 Å². The molecule has 2 aromatic rings. The Hall–Kier alpha value is -0.983. The van der Waals surface area contributed by atoms with Crippen molar-refractivity contribution in [3.63, 3.8) is 0 Å². The van der Waals surface area contributed by atoms with Crippen LogP contribution >= 0.6 is 15.9 Å². The Bertz CT molecular complexity index is 632. The van der Waals surface area contributed by atoms with E-state index in [-0.39, 0.29) is 0 Å². The molecule has 0 fully saturated rings. The largest absolute Gasteiger partial charge is 0.361 e. The van der Waals surface area contributed by atoms with Crippen molar-refractivity contribution < 1.29 is 4.74 Å². The fourth-order valence-corrected chi connectivity index (χ4v) is 3.04. The summed E-state index contributed by atoms with van der Waals surface area (Å²) in [6.07, 6.45) is 1.80. The Morgan fingerprint density at radius 1 is 1.23 bits per heavy atom. The highest BCUT2D eigenvalue weighted by Crippen LogP contribution is 2.22. The Morgan fingerprint density at radius 3 is 2.55 bits per heavy atom. The molecule has 0 saturated carbocycles. The van der Waals surface area contributed by atoms with Gasteiger partial charge >= 0.3 is 0 Å². The van der Waals surface area contributed by atoms with E-state index < -0.39 is 8.07 Å². The first-order chi connectivity index (χ1) is 10.3. The Labute approximate surface area is 142 Å². The molecule has 0 amide bonds. The Morgan fingerprint density at radius 2 is 1.95 bits per heavy atom. The van der Waals surface area contributed by atoms with Gasteiger partial charge in [-0.2, -0.15) is 0 Å². The molecule has 22 heavy (non-hydrogen) atoms. The van der Waals surface area contributed by atoms with Gasteiger partial charge in [-0.15, -0.1) is 0 Å². The fourth-order valence-electron chi connectivity index (χ4n) is 2.05. The first kappa shape index (κ1) is 17.4. The third-order valence-electron chi connectivity index (χ3n) is 3.63. The zero-order valence-corrected chi connectivity index (χ0v) is 16.6. The maximum Gasteiger partial charge on any atom is 0.161 e. The van der Waals surface area contributed by atoms with Gasteiger partial charge in [0.2, 0.25) is 0 Å². The third-order valence-corrected chi connectivity index (χ3v) is 5.80. The normalized spacial score (nSPS) is 11.9. The standard InChI is InChI=1S/C16H24BrN3OSi/c1-12-13(2)20(11-21-8-9-22(3,4)5)16(19-12)15-7-6-14(17)10-18-15/h6-7,10H,8-9,11H2,1-5H3. The number of pyridine rings is 1. The van der Waals surface area contributed by atoms with Crippen LogP contribution in [0.4, 0.5) is 0 Å². The molecule has 0 unspecified atom stereocenters. The van der Waals surface area contributed by atoms with Gasteiger partial charge in [0.25, 0.3) is 0 Å². The smallest absolute Gasteiger partial charge is 0.161 e. The second-order valence-electron chi connectivity index (χ2n) is 6.74. The van der Waals surface area contributed by atoms with E-state index in [4.69, 9.17) is 4.74 Å². The molecule has 6 heteroatoms. The van der Waals surface area contributed by atoms with Crippen molar-refractivity contribution in [3.8, 4) is 11.5 Å². The molecule has 0 bridgehead atoms. The number of halogens is 1. The zero-order chi connectivity index (χ0) is 16.3. The molecule has 0 aliphatic carbocycles. The molecule has 0 saturated heterocycles. The average Bonchev–Trinajstić information content (AvgIpc) is 2.71. The van der Waals surface area contributed by atoms with Crippen molar-refractivity contribution in [1.29, 1.82) is 0 Å². The van der Waals surface area contributed by atoms with Crippen LogP contribution in [0.3, 0.4) is 0 Å². The Balaban J connectivity index is 2.15. The predicted octanol–water partition coefficient (Wildman–Crippen LogP) is 4.64. The van der Waals surface area contributed by atoms with Crippen LogP contribution in [0.5, 0.6) is 0 Å². The van der Waals surface area contributed by atoms with E-state index in [9.17, 15) is 0 Å². The van der Waals surface area contributed by atoms with E-state index in [1.54, 1.807) is 6.20 Å². The number of aromatic nitrogens is 3. The van der Waals surface area contributed by atoms with Crippen LogP contribution in [-0.2, 0) is 11.5 Å². The van der Waals surface area contributed by atoms with E-state index in [1.165, 1.54) is 6.04 Å². The van der Waals surface area contributed by atoms with Crippen molar-refractivity contribution in [1.82, 2.24) is 14.5 Å². The minimum atomic E-state index is -1.06. The van der Waals surface area contributed by atoms with Gasteiger partial charge in [0.1, 0.15) is 12.4 Å². The summed E-state index contributed by atoms with van der Waals surface area (Å²) in [4.78, 5) is 9.10. The summed E-state index contributed by atoms with van der Waals surface area (Å²) in [5.41, 5.74) is 3.02. The predicted molar refractivity (Wildman–Crippen MR) is 96.7 cm³/mol. The van der Waals surface area contributed by atoms with Gasteiger partial charge in [-0.3, -0.25) is 4.98 Å². The minimum absolute atomic E-state index is 0.532. The third kappa shape index (κ3) is 4.51. The van der Waals surface area contributed by atoms with Gasteiger partial charge < -0.3 is 9.30 Å². The number of aryl methyl sites for hydroxylation is 1. The summed E-state index contributed by atoms with van der Waals surface area (Å²) >= 11 is 3.42. The molecule has 2 heterocycles.